The van der Waals surface area contributed by atoms with Crippen LogP contribution in [0.5, 0.6) is 0 Å². The lowest BCUT2D eigenvalue weighted by molar-refractivity contribution is 2.15. The molecule has 0 bridgehead atoms. The van der Waals surface area contributed by atoms with Crippen molar-refractivity contribution in [2.45, 2.75) is 0 Å². The molecule has 0 nitrogen and oxygen atoms in total. The maximum Gasteiger partial charge on any atom is 0.0691 e. The fourth-order valence-corrected chi connectivity index (χ4v) is 0.962. The summed E-state index contributed by atoms with van der Waals surface area (Å²) in [6.07, 6.45) is 3.90. The zero-order chi connectivity index (χ0) is 4.41. The van der Waals surface area contributed by atoms with Gasteiger partial charge < -0.3 is 0 Å². The molecule has 0 aromatic heterocycles. The fourth-order valence-electron chi connectivity index (χ4n) is 0.321. The minimum absolute atomic E-state index is 1.16. The Kier molecular flexibility index (Phi) is 0.482. The predicted molar refractivity (Wildman–Crippen MR) is 26.8 cm³/mol. The standard InChI is InChI=1S/C4H6Si/c1-2-4-5-3-1/h1-4H,5H2/i5D. The van der Waals surface area contributed by atoms with Crippen LogP contribution in [0.15, 0.2) is 23.6 Å². The molecule has 1 aliphatic rings. The first-order valence-corrected chi connectivity index (χ1v) is 3.00. The van der Waals surface area contributed by atoms with Crippen LogP contribution in [0, 0.1) is 0 Å². The molecular formula is C4H6Si. The van der Waals surface area contributed by atoms with Crippen molar-refractivity contribution in [1.29, 1.82) is 1.23 Å². The molecule has 0 atom stereocenters. The predicted octanol–water partition coefficient (Wildman–Crippen LogP) is 0.196. The van der Waals surface area contributed by atoms with Crippen LogP contribution >= 0.6 is 0 Å². The smallest absolute Gasteiger partial charge is 0.0691 e. The number of allylic oxidation sites excluding steroid dienone is 2. The molecule has 26 valence electrons. The minimum atomic E-state index is -1.16. The van der Waals surface area contributed by atoms with E-state index in [4.69, 9.17) is 1.23 Å². The van der Waals surface area contributed by atoms with Crippen LogP contribution in [0.2, 0.25) is 0 Å². The molecule has 0 amide bonds. The highest BCUT2D eigenvalue weighted by Crippen LogP contribution is 1.82. The van der Waals surface area contributed by atoms with E-state index in [0.717, 1.165) is 0 Å². The van der Waals surface area contributed by atoms with E-state index in [9.17, 15) is 0 Å². The normalized spacial score (nSPS) is 24.4. The third-order valence-corrected chi connectivity index (χ3v) is 1.44. The van der Waals surface area contributed by atoms with Crippen molar-refractivity contribution in [1.82, 2.24) is 0 Å². The van der Waals surface area contributed by atoms with Gasteiger partial charge in [0.25, 0.3) is 0 Å². The molecule has 0 aliphatic carbocycles. The van der Waals surface area contributed by atoms with Gasteiger partial charge in [0, 0.05) is 1.23 Å². The summed E-state index contributed by atoms with van der Waals surface area (Å²) in [6.45, 7) is 0. The summed E-state index contributed by atoms with van der Waals surface area (Å²) in [5.41, 5.74) is 3.94. The van der Waals surface area contributed by atoms with Gasteiger partial charge in [-0.3, -0.25) is 0 Å². The minimum Gasteiger partial charge on any atom is -0.0969 e. The second-order valence-electron chi connectivity index (χ2n) is 0.962. The Morgan fingerprint density at radius 2 is 2.00 bits per heavy atom. The van der Waals surface area contributed by atoms with E-state index >= 15 is 0 Å². The third kappa shape index (κ3) is 0.483. The Morgan fingerprint density at radius 1 is 1.40 bits per heavy atom. The number of hydrogen-bond acceptors (Lipinski definition) is 0. The second kappa shape index (κ2) is 1.22. The van der Waals surface area contributed by atoms with Crippen LogP contribution in [0.25, 0.3) is 0 Å². The van der Waals surface area contributed by atoms with Crippen LogP contribution in [-0.2, 0) is 0 Å². The maximum atomic E-state index is 7.10. The summed E-state index contributed by atoms with van der Waals surface area (Å²) in [5, 5.41) is 0. The van der Waals surface area contributed by atoms with E-state index in [2.05, 4.69) is 0 Å². The average Bonchev–Trinajstić information content (AvgIpc) is 1.86. The first-order chi connectivity index (χ1) is 2.89. The lowest BCUT2D eigenvalue weighted by Gasteiger charge is -1.54. The second-order valence-corrected chi connectivity index (χ2v) is 2.12. The lowest BCUT2D eigenvalue weighted by Crippen LogP contribution is -1.63. The highest BCUT2D eigenvalue weighted by Gasteiger charge is 1.73. The average molecular weight is 83.2 g/mol. The first kappa shape index (κ1) is 1.98. The van der Waals surface area contributed by atoms with Gasteiger partial charge in [0.1, 0.15) is 0 Å². The Bertz CT molecular complexity index is 83.7. The van der Waals surface area contributed by atoms with E-state index in [1.165, 1.54) is 0 Å². The van der Waals surface area contributed by atoms with Crippen molar-refractivity contribution >= 4 is 9.45 Å². The van der Waals surface area contributed by atoms with Crippen LogP contribution in [-0.4, -0.2) is 10.7 Å². The lowest BCUT2D eigenvalue weighted by atomic mass is 10.6. The van der Waals surface area contributed by atoms with Gasteiger partial charge in [-0.05, 0) is 0 Å². The number of rotatable bonds is 0. The van der Waals surface area contributed by atoms with E-state index in [1.54, 1.807) is 0 Å². The van der Waals surface area contributed by atoms with Gasteiger partial charge in [0.2, 0.25) is 0 Å². The molecule has 0 spiro atoms. The number of hydrogen-bond donors (Lipinski definition) is 0. The SMILES string of the molecule is [2H][SiH]1C=CC=C1. The third-order valence-electron chi connectivity index (χ3n) is 0.556. The molecular weight excluding hydrogens is 76.1 g/mol. The van der Waals surface area contributed by atoms with Gasteiger partial charge in [-0.1, -0.05) is 23.6 Å². The van der Waals surface area contributed by atoms with Gasteiger partial charge in [-0.15, -0.1) is 0 Å². The molecule has 5 heavy (non-hydrogen) atoms. The van der Waals surface area contributed by atoms with E-state index in [0.29, 0.717) is 0 Å². The Hall–Kier alpha value is -0.303. The topological polar surface area (TPSA) is 0 Å². The summed E-state index contributed by atoms with van der Waals surface area (Å²) < 4.78 is 7.10. The highest BCUT2D eigenvalue weighted by atomic mass is 28.2. The molecule has 0 aromatic rings. The van der Waals surface area contributed by atoms with Crippen molar-refractivity contribution in [3.8, 4) is 0 Å². The van der Waals surface area contributed by atoms with Crippen molar-refractivity contribution < 1.29 is 0 Å². The van der Waals surface area contributed by atoms with Gasteiger partial charge in [-0.25, -0.2) is 0 Å². The first-order valence-electron chi connectivity index (χ1n) is 2.24. The monoisotopic (exact) mass is 83.0 g/mol. The summed E-state index contributed by atoms with van der Waals surface area (Å²) in [6, 6.07) is 0. The van der Waals surface area contributed by atoms with Crippen molar-refractivity contribution in [2.24, 2.45) is 0 Å². The Labute approximate surface area is 35.2 Å². The summed E-state index contributed by atoms with van der Waals surface area (Å²) in [5.74, 6) is 0. The summed E-state index contributed by atoms with van der Waals surface area (Å²) >= 11 is 0. The molecule has 0 aromatic carbocycles. The zero-order valence-electron chi connectivity index (χ0n) is 3.89. The van der Waals surface area contributed by atoms with Crippen molar-refractivity contribution in [2.75, 3.05) is 0 Å². The van der Waals surface area contributed by atoms with E-state index in [-0.39, 0.29) is 0 Å². The fraction of sp³-hybridized carbons (Fsp3) is 0. The zero-order valence-corrected chi connectivity index (χ0v) is 4.04. The summed E-state index contributed by atoms with van der Waals surface area (Å²) in [7, 11) is -1.16. The molecule has 1 aliphatic heterocycles. The molecule has 0 saturated carbocycles. The van der Waals surface area contributed by atoms with Gasteiger partial charge in [0.05, 0.1) is 9.45 Å². The van der Waals surface area contributed by atoms with Crippen molar-refractivity contribution in [3.05, 3.63) is 23.6 Å². The Morgan fingerprint density at radius 3 is 2.20 bits per heavy atom. The highest BCUT2D eigenvalue weighted by molar-refractivity contribution is 6.49. The van der Waals surface area contributed by atoms with Crippen LogP contribution in [0.3, 0.4) is 0 Å². The van der Waals surface area contributed by atoms with Gasteiger partial charge in [0.15, 0.2) is 0 Å². The molecule has 1 heteroatoms. The molecule has 0 saturated heterocycles. The van der Waals surface area contributed by atoms with Gasteiger partial charge in [-0.2, -0.15) is 0 Å². The molecule has 0 fully saturated rings. The van der Waals surface area contributed by atoms with Crippen molar-refractivity contribution in [3.63, 3.8) is 0 Å². The van der Waals surface area contributed by atoms with Gasteiger partial charge >= 0.3 is 0 Å². The quantitative estimate of drug-likeness (QED) is 0.367. The van der Waals surface area contributed by atoms with Crippen LogP contribution in [0.1, 0.15) is 0 Å². The van der Waals surface area contributed by atoms with Crippen LogP contribution < -0.4 is 0 Å². The molecule has 1 rings (SSSR count). The van der Waals surface area contributed by atoms with E-state index < -0.39 is 9.45 Å². The van der Waals surface area contributed by atoms with Crippen LogP contribution in [0.4, 0.5) is 0 Å². The molecule has 0 unspecified atom stereocenters. The molecule has 1 heterocycles. The Balaban J connectivity index is 2.60. The largest absolute Gasteiger partial charge is 0.0969 e. The summed E-state index contributed by atoms with van der Waals surface area (Å²) in [4.78, 5) is 0. The molecule has 0 N–H and O–H groups in total. The van der Waals surface area contributed by atoms with E-state index in [1.807, 2.05) is 23.6 Å². The molecule has 0 radical (unpaired) electrons. The maximum absolute atomic E-state index is 7.10.